The van der Waals surface area contributed by atoms with Crippen molar-refractivity contribution in [1.82, 2.24) is 20.6 Å². The fraction of sp³-hybridized carbons (Fsp3) is 0.333. The van der Waals surface area contributed by atoms with Crippen LogP contribution in [-0.4, -0.2) is 32.7 Å². The minimum absolute atomic E-state index is 0.444. The van der Waals surface area contributed by atoms with Gasteiger partial charge >= 0.3 is 6.18 Å². The van der Waals surface area contributed by atoms with Crippen molar-refractivity contribution in [2.45, 2.75) is 25.4 Å². The van der Waals surface area contributed by atoms with E-state index in [1.807, 2.05) is 0 Å². The van der Waals surface area contributed by atoms with Crippen molar-refractivity contribution in [1.29, 1.82) is 0 Å². The molecule has 0 aliphatic heterocycles. The van der Waals surface area contributed by atoms with Gasteiger partial charge in [-0.2, -0.15) is 18.4 Å². The first-order valence-electron chi connectivity index (χ1n) is 6.10. The molecule has 0 unspecified atom stereocenters. The second-order valence-corrected chi connectivity index (χ2v) is 4.37. The molecule has 2 aromatic rings. The van der Waals surface area contributed by atoms with Gasteiger partial charge in [-0.25, -0.2) is 0 Å². The van der Waals surface area contributed by atoms with E-state index in [0.29, 0.717) is 17.9 Å². The first kappa shape index (κ1) is 14.9. The summed E-state index contributed by atoms with van der Waals surface area (Å²) in [7, 11) is 0. The Morgan fingerprint density at radius 3 is 2.52 bits per heavy atom. The molecule has 2 N–H and O–H groups in total. The summed E-state index contributed by atoms with van der Waals surface area (Å²) in [5, 5.41) is 15.8. The van der Waals surface area contributed by atoms with E-state index in [1.165, 1.54) is 0 Å². The van der Waals surface area contributed by atoms with Crippen LogP contribution in [0.2, 0.25) is 0 Å². The third-order valence-electron chi connectivity index (χ3n) is 2.62. The monoisotopic (exact) mass is 299 g/mol. The number of aromatic nitrogens is 4. The van der Waals surface area contributed by atoms with Gasteiger partial charge in [0.2, 0.25) is 5.91 Å². The van der Waals surface area contributed by atoms with Crippen molar-refractivity contribution in [2.75, 3.05) is 5.32 Å². The quantitative estimate of drug-likeness (QED) is 0.885. The first-order valence-corrected chi connectivity index (χ1v) is 6.10. The van der Waals surface area contributed by atoms with Gasteiger partial charge in [0.05, 0.1) is 6.42 Å². The van der Waals surface area contributed by atoms with Crippen LogP contribution >= 0.6 is 0 Å². The Hall–Kier alpha value is -2.45. The number of hydrogen-bond acceptors (Lipinski definition) is 4. The molecule has 0 fully saturated rings. The number of carbonyl (C=O) groups is 1. The van der Waals surface area contributed by atoms with E-state index in [1.54, 1.807) is 24.3 Å². The SMILES string of the molecule is O=C(CCC(F)(F)F)Nc1ccc(Cc2nn[nH]n2)cc1. The minimum atomic E-state index is -4.33. The smallest absolute Gasteiger partial charge is 0.326 e. The second kappa shape index (κ2) is 6.33. The Morgan fingerprint density at radius 1 is 1.24 bits per heavy atom. The molecule has 1 amide bonds. The van der Waals surface area contributed by atoms with Crippen LogP contribution in [0.1, 0.15) is 24.2 Å². The Balaban J connectivity index is 1.86. The molecular formula is C12H12F3N5O. The van der Waals surface area contributed by atoms with Gasteiger partial charge in [0.1, 0.15) is 0 Å². The molecule has 0 atom stereocenters. The zero-order valence-electron chi connectivity index (χ0n) is 10.8. The number of carbonyl (C=O) groups excluding carboxylic acids is 1. The number of tetrazole rings is 1. The van der Waals surface area contributed by atoms with E-state index in [0.717, 1.165) is 5.56 Å². The summed E-state index contributed by atoms with van der Waals surface area (Å²) in [5.41, 5.74) is 1.34. The standard InChI is InChI=1S/C12H12F3N5O/c13-12(14,15)6-5-11(21)16-9-3-1-8(2-4-9)7-10-17-19-20-18-10/h1-4H,5-7H2,(H,16,21)(H,17,18,19,20). The molecule has 1 heterocycles. The average molecular weight is 299 g/mol. The maximum Gasteiger partial charge on any atom is 0.389 e. The van der Waals surface area contributed by atoms with Crippen molar-refractivity contribution in [2.24, 2.45) is 0 Å². The number of nitrogens with one attached hydrogen (secondary N) is 2. The maximum atomic E-state index is 12.0. The van der Waals surface area contributed by atoms with Crippen LogP contribution in [0.15, 0.2) is 24.3 Å². The predicted molar refractivity (Wildman–Crippen MR) is 67.3 cm³/mol. The van der Waals surface area contributed by atoms with Crippen LogP contribution < -0.4 is 5.32 Å². The summed E-state index contributed by atoms with van der Waals surface area (Å²) in [4.78, 5) is 11.4. The lowest BCUT2D eigenvalue weighted by Crippen LogP contribution is -2.16. The van der Waals surface area contributed by atoms with Gasteiger partial charge in [-0.05, 0) is 17.7 Å². The molecule has 6 nitrogen and oxygen atoms in total. The van der Waals surface area contributed by atoms with Crippen LogP contribution in [0.25, 0.3) is 0 Å². The molecule has 21 heavy (non-hydrogen) atoms. The zero-order chi connectivity index (χ0) is 15.3. The number of anilines is 1. The van der Waals surface area contributed by atoms with E-state index >= 15 is 0 Å². The Morgan fingerprint density at radius 2 is 1.95 bits per heavy atom. The molecule has 0 radical (unpaired) electrons. The van der Waals surface area contributed by atoms with Gasteiger partial charge in [0.25, 0.3) is 0 Å². The largest absolute Gasteiger partial charge is 0.389 e. The van der Waals surface area contributed by atoms with E-state index < -0.39 is 24.9 Å². The van der Waals surface area contributed by atoms with Crippen molar-refractivity contribution < 1.29 is 18.0 Å². The molecule has 0 saturated heterocycles. The lowest BCUT2D eigenvalue weighted by Gasteiger charge is -2.08. The molecule has 0 spiro atoms. The number of nitrogens with zero attached hydrogens (tertiary/aromatic N) is 3. The van der Waals surface area contributed by atoms with Gasteiger partial charge in [-0.1, -0.05) is 17.3 Å². The Bertz CT molecular complexity index is 580. The molecule has 1 aromatic carbocycles. The van der Waals surface area contributed by atoms with Gasteiger partial charge in [-0.3, -0.25) is 4.79 Å². The number of benzene rings is 1. The number of H-pyrrole nitrogens is 1. The zero-order valence-corrected chi connectivity index (χ0v) is 10.8. The first-order chi connectivity index (χ1) is 9.92. The number of alkyl halides is 3. The van der Waals surface area contributed by atoms with E-state index in [9.17, 15) is 18.0 Å². The van der Waals surface area contributed by atoms with Crippen molar-refractivity contribution in [3.8, 4) is 0 Å². The lowest BCUT2D eigenvalue weighted by atomic mass is 10.1. The molecular weight excluding hydrogens is 287 g/mol. The number of aromatic amines is 1. The van der Waals surface area contributed by atoms with E-state index in [4.69, 9.17) is 0 Å². The number of halogens is 3. The minimum Gasteiger partial charge on any atom is -0.326 e. The summed E-state index contributed by atoms with van der Waals surface area (Å²) in [6, 6.07) is 6.69. The Labute approximate surface area is 117 Å². The molecule has 9 heteroatoms. The van der Waals surface area contributed by atoms with Crippen LogP contribution in [-0.2, 0) is 11.2 Å². The predicted octanol–water partition coefficient (Wildman–Crippen LogP) is 2.07. The highest BCUT2D eigenvalue weighted by Crippen LogP contribution is 2.21. The molecule has 0 aliphatic carbocycles. The van der Waals surface area contributed by atoms with Gasteiger partial charge < -0.3 is 5.32 Å². The normalized spacial score (nSPS) is 11.4. The molecule has 0 aliphatic rings. The van der Waals surface area contributed by atoms with Gasteiger partial charge in [-0.15, -0.1) is 10.2 Å². The highest BCUT2D eigenvalue weighted by atomic mass is 19.4. The van der Waals surface area contributed by atoms with Crippen molar-refractivity contribution in [3.05, 3.63) is 35.7 Å². The Kier molecular flexibility index (Phi) is 4.51. The second-order valence-electron chi connectivity index (χ2n) is 4.37. The fourth-order valence-electron chi connectivity index (χ4n) is 1.62. The van der Waals surface area contributed by atoms with Crippen molar-refractivity contribution >= 4 is 11.6 Å². The molecule has 1 aromatic heterocycles. The summed E-state index contributed by atoms with van der Waals surface area (Å²) >= 11 is 0. The maximum absolute atomic E-state index is 12.0. The summed E-state index contributed by atoms with van der Waals surface area (Å²) < 4.78 is 36.0. The topological polar surface area (TPSA) is 83.6 Å². The summed E-state index contributed by atoms with van der Waals surface area (Å²) in [6.45, 7) is 0. The highest BCUT2D eigenvalue weighted by Gasteiger charge is 2.27. The van der Waals surface area contributed by atoms with Crippen LogP contribution in [0.3, 0.4) is 0 Å². The third kappa shape index (κ3) is 5.21. The van der Waals surface area contributed by atoms with Gasteiger partial charge in [0.15, 0.2) is 5.82 Å². The summed E-state index contributed by atoms with van der Waals surface area (Å²) in [5.74, 6) is -0.143. The van der Waals surface area contributed by atoms with Crippen LogP contribution in [0.5, 0.6) is 0 Å². The molecule has 0 saturated carbocycles. The van der Waals surface area contributed by atoms with Crippen molar-refractivity contribution in [3.63, 3.8) is 0 Å². The lowest BCUT2D eigenvalue weighted by molar-refractivity contribution is -0.142. The number of rotatable bonds is 5. The fourth-order valence-corrected chi connectivity index (χ4v) is 1.62. The van der Waals surface area contributed by atoms with Crippen LogP contribution in [0, 0.1) is 0 Å². The highest BCUT2D eigenvalue weighted by molar-refractivity contribution is 5.90. The number of amides is 1. The third-order valence-corrected chi connectivity index (χ3v) is 2.62. The van der Waals surface area contributed by atoms with E-state index in [-0.39, 0.29) is 0 Å². The molecule has 112 valence electrons. The molecule has 2 rings (SSSR count). The van der Waals surface area contributed by atoms with E-state index in [2.05, 4.69) is 25.9 Å². The summed E-state index contributed by atoms with van der Waals surface area (Å²) in [6.07, 6.45) is -5.58. The van der Waals surface area contributed by atoms with Crippen LogP contribution in [0.4, 0.5) is 18.9 Å². The van der Waals surface area contributed by atoms with Gasteiger partial charge in [0, 0.05) is 18.5 Å². The average Bonchev–Trinajstić information content (AvgIpc) is 2.91. The molecule has 0 bridgehead atoms. The number of hydrogen-bond donors (Lipinski definition) is 2.